The van der Waals surface area contributed by atoms with E-state index in [2.05, 4.69) is 47.5 Å². The Labute approximate surface area is 142 Å². The number of ether oxygens (including phenoxy) is 2. The molecule has 0 amide bonds. The average molecular weight is 342 g/mol. The van der Waals surface area contributed by atoms with E-state index in [0.717, 1.165) is 6.54 Å². The van der Waals surface area contributed by atoms with Gasteiger partial charge in [-0.3, -0.25) is 0 Å². The molecular formula is C15H24ClN5O2. The molecule has 0 N–H and O–H groups in total. The Balaban J connectivity index is 1.96. The number of rotatable bonds is 2. The van der Waals surface area contributed by atoms with Crippen LogP contribution in [0.4, 0.5) is 11.9 Å². The van der Waals surface area contributed by atoms with Gasteiger partial charge in [0.25, 0.3) is 0 Å². The van der Waals surface area contributed by atoms with Crippen LogP contribution in [-0.4, -0.2) is 65.5 Å². The van der Waals surface area contributed by atoms with Gasteiger partial charge in [0.15, 0.2) is 0 Å². The minimum Gasteiger partial charge on any atom is -0.377 e. The first-order valence-electron chi connectivity index (χ1n) is 8.01. The van der Waals surface area contributed by atoms with Crippen molar-refractivity contribution in [1.29, 1.82) is 0 Å². The maximum Gasteiger partial charge on any atom is 0.232 e. The molecule has 0 radical (unpaired) electrons. The molecule has 0 aliphatic carbocycles. The Bertz CT molecular complexity index is 541. The second-order valence-corrected chi connectivity index (χ2v) is 7.20. The molecule has 0 aromatic carbocycles. The van der Waals surface area contributed by atoms with Gasteiger partial charge in [-0.05, 0) is 39.3 Å². The molecule has 3 rings (SSSR count). The van der Waals surface area contributed by atoms with E-state index < -0.39 is 0 Å². The fraction of sp³-hybridized carbons (Fsp3) is 0.800. The van der Waals surface area contributed by atoms with E-state index in [0.29, 0.717) is 38.3 Å². The summed E-state index contributed by atoms with van der Waals surface area (Å²) in [7, 11) is 0. The van der Waals surface area contributed by atoms with Crippen molar-refractivity contribution < 1.29 is 9.47 Å². The molecule has 2 atom stereocenters. The molecule has 7 nitrogen and oxygen atoms in total. The number of anilines is 2. The zero-order chi connectivity index (χ0) is 16.6. The van der Waals surface area contributed by atoms with Gasteiger partial charge in [-0.25, -0.2) is 0 Å². The first-order chi connectivity index (χ1) is 10.9. The molecule has 128 valence electrons. The molecule has 3 heterocycles. The van der Waals surface area contributed by atoms with Gasteiger partial charge in [0, 0.05) is 6.54 Å². The third kappa shape index (κ3) is 3.36. The molecule has 2 saturated heterocycles. The number of aromatic nitrogens is 3. The minimum atomic E-state index is -0.178. The quantitative estimate of drug-likeness (QED) is 0.812. The van der Waals surface area contributed by atoms with E-state index in [4.69, 9.17) is 26.1 Å². The Morgan fingerprint density at radius 2 is 1.70 bits per heavy atom. The van der Waals surface area contributed by atoms with Crippen molar-refractivity contribution in [2.24, 2.45) is 0 Å². The molecule has 2 aliphatic rings. The van der Waals surface area contributed by atoms with Crippen molar-refractivity contribution in [3.05, 3.63) is 5.28 Å². The molecule has 0 saturated carbocycles. The molecule has 23 heavy (non-hydrogen) atoms. The van der Waals surface area contributed by atoms with Crippen molar-refractivity contribution in [3.8, 4) is 0 Å². The van der Waals surface area contributed by atoms with Gasteiger partial charge in [0.1, 0.15) is 0 Å². The third-order valence-electron chi connectivity index (χ3n) is 4.37. The second-order valence-electron chi connectivity index (χ2n) is 6.86. The second kappa shape index (κ2) is 6.37. The van der Waals surface area contributed by atoms with Crippen molar-refractivity contribution in [2.45, 2.75) is 45.3 Å². The Hall–Kier alpha value is -1.18. The summed E-state index contributed by atoms with van der Waals surface area (Å²) >= 11 is 6.20. The highest BCUT2D eigenvalue weighted by Gasteiger charge is 2.34. The molecular weight excluding hydrogens is 318 g/mol. The van der Waals surface area contributed by atoms with Crippen LogP contribution in [0.5, 0.6) is 0 Å². The van der Waals surface area contributed by atoms with Crippen molar-refractivity contribution in [1.82, 2.24) is 15.0 Å². The van der Waals surface area contributed by atoms with E-state index >= 15 is 0 Å². The van der Waals surface area contributed by atoms with E-state index in [9.17, 15) is 0 Å². The van der Waals surface area contributed by atoms with Gasteiger partial charge in [0.2, 0.25) is 17.2 Å². The molecule has 2 aliphatic heterocycles. The van der Waals surface area contributed by atoms with Crippen molar-refractivity contribution in [2.75, 3.05) is 42.8 Å². The molecule has 1 aromatic heterocycles. The number of nitrogens with zero attached hydrogens (tertiary/aromatic N) is 5. The summed E-state index contributed by atoms with van der Waals surface area (Å²) in [5.41, 5.74) is -0.178. The third-order valence-corrected chi connectivity index (χ3v) is 4.54. The Kier molecular flexibility index (Phi) is 4.62. The molecule has 1 unspecified atom stereocenters. The van der Waals surface area contributed by atoms with Crippen molar-refractivity contribution >= 4 is 23.5 Å². The normalized spacial score (nSPS) is 28.0. The highest BCUT2D eigenvalue weighted by atomic mass is 35.5. The van der Waals surface area contributed by atoms with Crippen LogP contribution in [0.25, 0.3) is 0 Å². The minimum absolute atomic E-state index is 0.178. The fourth-order valence-electron chi connectivity index (χ4n) is 3.19. The SMILES string of the molecule is CC1COC[C@@H](C)N1c1nc(Cl)nc(N2CCOCC2(C)C)n1. The number of hydrogen-bond acceptors (Lipinski definition) is 7. The van der Waals surface area contributed by atoms with E-state index in [-0.39, 0.29) is 22.9 Å². The van der Waals surface area contributed by atoms with Crippen LogP contribution >= 0.6 is 11.6 Å². The summed E-state index contributed by atoms with van der Waals surface area (Å²) in [6, 6.07) is 0.394. The average Bonchev–Trinajstić information content (AvgIpc) is 2.46. The largest absolute Gasteiger partial charge is 0.377 e. The summed E-state index contributed by atoms with van der Waals surface area (Å²) in [6.07, 6.45) is 0. The van der Waals surface area contributed by atoms with Crippen LogP contribution in [0.15, 0.2) is 0 Å². The lowest BCUT2D eigenvalue weighted by Crippen LogP contribution is -2.54. The predicted molar refractivity (Wildman–Crippen MR) is 89.3 cm³/mol. The van der Waals surface area contributed by atoms with Gasteiger partial charge in [0.05, 0.1) is 44.1 Å². The van der Waals surface area contributed by atoms with Crippen LogP contribution in [0, 0.1) is 0 Å². The summed E-state index contributed by atoms with van der Waals surface area (Å²) < 4.78 is 11.2. The Morgan fingerprint density at radius 3 is 2.35 bits per heavy atom. The highest BCUT2D eigenvalue weighted by molar-refractivity contribution is 6.28. The lowest BCUT2D eigenvalue weighted by Gasteiger charge is -2.43. The van der Waals surface area contributed by atoms with Crippen LogP contribution in [0.3, 0.4) is 0 Å². The summed E-state index contributed by atoms with van der Waals surface area (Å²) in [4.78, 5) is 17.7. The summed E-state index contributed by atoms with van der Waals surface area (Å²) in [5, 5.41) is 0.221. The zero-order valence-corrected chi connectivity index (χ0v) is 14.9. The van der Waals surface area contributed by atoms with E-state index in [1.807, 2.05) is 0 Å². The predicted octanol–water partition coefficient (Wildman–Crippen LogP) is 1.75. The first kappa shape index (κ1) is 16.7. The smallest absolute Gasteiger partial charge is 0.232 e. The zero-order valence-electron chi connectivity index (χ0n) is 14.1. The fourth-order valence-corrected chi connectivity index (χ4v) is 3.34. The van der Waals surface area contributed by atoms with Crippen LogP contribution in [-0.2, 0) is 9.47 Å². The van der Waals surface area contributed by atoms with E-state index in [1.54, 1.807) is 0 Å². The molecule has 2 fully saturated rings. The number of hydrogen-bond donors (Lipinski definition) is 0. The maximum absolute atomic E-state index is 6.20. The van der Waals surface area contributed by atoms with Gasteiger partial charge in [-0.1, -0.05) is 0 Å². The molecule has 0 spiro atoms. The first-order valence-corrected chi connectivity index (χ1v) is 8.39. The van der Waals surface area contributed by atoms with Gasteiger partial charge < -0.3 is 19.3 Å². The maximum atomic E-state index is 6.20. The number of morpholine rings is 2. The van der Waals surface area contributed by atoms with E-state index in [1.165, 1.54) is 0 Å². The van der Waals surface area contributed by atoms with Crippen LogP contribution in [0.1, 0.15) is 27.7 Å². The molecule has 1 aromatic rings. The standard InChI is InChI=1S/C15H24ClN5O2/c1-10-7-23-8-11(2)21(10)14-18-12(16)17-13(19-14)20-5-6-22-9-15(20,3)4/h10-11H,5-9H2,1-4H3/t10-,11?/m1/s1. The van der Waals surface area contributed by atoms with Gasteiger partial charge in [-0.2, -0.15) is 15.0 Å². The lowest BCUT2D eigenvalue weighted by molar-refractivity contribution is 0.0632. The topological polar surface area (TPSA) is 63.6 Å². The monoisotopic (exact) mass is 341 g/mol. The molecule has 8 heteroatoms. The van der Waals surface area contributed by atoms with Gasteiger partial charge in [-0.15, -0.1) is 0 Å². The van der Waals surface area contributed by atoms with Gasteiger partial charge >= 0.3 is 0 Å². The lowest BCUT2D eigenvalue weighted by atomic mass is 10.0. The van der Waals surface area contributed by atoms with Crippen LogP contribution in [0.2, 0.25) is 5.28 Å². The van der Waals surface area contributed by atoms with Crippen LogP contribution < -0.4 is 9.80 Å². The summed E-state index contributed by atoms with van der Waals surface area (Å²) in [5.74, 6) is 1.23. The Morgan fingerprint density at radius 1 is 1.04 bits per heavy atom. The highest BCUT2D eigenvalue weighted by Crippen LogP contribution is 2.28. The van der Waals surface area contributed by atoms with Crippen molar-refractivity contribution in [3.63, 3.8) is 0 Å². The number of halogens is 1. The molecule has 0 bridgehead atoms. The summed E-state index contributed by atoms with van der Waals surface area (Å²) in [6.45, 7) is 11.8.